The van der Waals surface area contributed by atoms with E-state index in [1.807, 2.05) is 40.7 Å². The number of nitrogens with zero attached hydrogens (tertiary/aromatic N) is 5. The molecular weight excluding hydrogens is 490 g/mol. The summed E-state index contributed by atoms with van der Waals surface area (Å²) in [6.45, 7) is 2.76. The Kier molecular flexibility index (Phi) is 5.93. The van der Waals surface area contributed by atoms with Crippen molar-refractivity contribution < 1.29 is 14.3 Å². The fraction of sp³-hybridized carbons (Fsp3) is 0.269. The Morgan fingerprint density at radius 3 is 2.86 bits per heavy atom. The van der Waals surface area contributed by atoms with Crippen LogP contribution in [0.15, 0.2) is 53.4 Å². The van der Waals surface area contributed by atoms with Crippen LogP contribution in [-0.2, 0) is 9.53 Å². The molecule has 11 heteroatoms. The van der Waals surface area contributed by atoms with Crippen molar-refractivity contribution in [1.29, 1.82) is 0 Å². The third-order valence-corrected chi connectivity index (χ3v) is 7.44. The Labute approximate surface area is 216 Å². The Hall–Kier alpha value is -4.09. The third kappa shape index (κ3) is 4.36. The topological polar surface area (TPSA) is 128 Å². The molecule has 0 unspecified atom stereocenters. The Morgan fingerprint density at radius 1 is 1.24 bits per heavy atom. The van der Waals surface area contributed by atoms with Gasteiger partial charge < -0.3 is 25.4 Å². The van der Waals surface area contributed by atoms with Crippen molar-refractivity contribution in [3.05, 3.63) is 53.9 Å². The van der Waals surface area contributed by atoms with E-state index in [9.17, 15) is 4.79 Å². The second-order valence-electron chi connectivity index (χ2n) is 9.29. The molecule has 1 amide bonds. The summed E-state index contributed by atoms with van der Waals surface area (Å²) >= 11 is 1.57. The molecule has 2 fully saturated rings. The highest BCUT2D eigenvalue weighted by Crippen LogP contribution is 2.38. The first-order chi connectivity index (χ1) is 18.1. The second-order valence-corrected chi connectivity index (χ2v) is 10.2. The van der Waals surface area contributed by atoms with Crippen molar-refractivity contribution in [3.63, 3.8) is 0 Å². The number of thiazole rings is 1. The molecule has 2 aliphatic heterocycles. The van der Waals surface area contributed by atoms with Crippen LogP contribution in [0.5, 0.6) is 5.75 Å². The monoisotopic (exact) mass is 515 g/mol. The third-order valence-electron chi connectivity index (χ3n) is 6.65. The molecule has 0 bridgehead atoms. The van der Waals surface area contributed by atoms with Crippen LogP contribution >= 0.6 is 11.3 Å². The molecule has 0 radical (unpaired) electrons. The van der Waals surface area contributed by atoms with Crippen LogP contribution < -0.4 is 15.8 Å². The van der Waals surface area contributed by atoms with E-state index in [4.69, 9.17) is 15.2 Å². The standard InChI is InChI=1S/C26H25N7O3S/c1-28-8-17(7-27)16-4-20-24(21(5-16)36-9-23(34)33-10-26(11-33)12-35-13-26)25(30-14-29-20)32-18-2-3-19-22(6-18)37-15-31-19/h2-8,14-15H,9-13,27H2,1H3,(H,29,30,32)/b17-7+,28-8?. The molecule has 4 heterocycles. The van der Waals surface area contributed by atoms with Crippen LogP contribution in [0, 0.1) is 5.41 Å². The van der Waals surface area contributed by atoms with Crippen LogP contribution in [0.3, 0.4) is 0 Å². The number of likely N-dealkylation sites (tertiary alicyclic amines) is 1. The summed E-state index contributed by atoms with van der Waals surface area (Å²) in [5.74, 6) is 0.983. The van der Waals surface area contributed by atoms with Crippen molar-refractivity contribution in [2.45, 2.75) is 0 Å². The number of amides is 1. The van der Waals surface area contributed by atoms with Crippen molar-refractivity contribution in [1.82, 2.24) is 19.9 Å². The van der Waals surface area contributed by atoms with Gasteiger partial charge in [0.05, 0.1) is 45.3 Å². The van der Waals surface area contributed by atoms with E-state index in [0.29, 0.717) is 41.1 Å². The molecule has 0 atom stereocenters. The van der Waals surface area contributed by atoms with Gasteiger partial charge in [-0.15, -0.1) is 11.3 Å². The minimum Gasteiger partial charge on any atom is -0.483 e. The number of hydrogen-bond acceptors (Lipinski definition) is 10. The van der Waals surface area contributed by atoms with E-state index < -0.39 is 0 Å². The van der Waals surface area contributed by atoms with Gasteiger partial charge in [0, 0.05) is 43.8 Å². The van der Waals surface area contributed by atoms with Gasteiger partial charge >= 0.3 is 0 Å². The fourth-order valence-corrected chi connectivity index (χ4v) is 5.41. The van der Waals surface area contributed by atoms with Gasteiger partial charge in [-0.1, -0.05) is 0 Å². The quantitative estimate of drug-likeness (QED) is 0.359. The van der Waals surface area contributed by atoms with E-state index in [1.165, 1.54) is 12.5 Å². The lowest BCUT2D eigenvalue weighted by Crippen LogP contribution is -2.67. The number of carbonyl (C=O) groups is 1. The number of aromatic nitrogens is 3. The predicted molar refractivity (Wildman–Crippen MR) is 144 cm³/mol. The summed E-state index contributed by atoms with van der Waals surface area (Å²) in [4.78, 5) is 32.1. The lowest BCUT2D eigenvalue weighted by atomic mass is 9.78. The summed E-state index contributed by atoms with van der Waals surface area (Å²) in [6.07, 6.45) is 4.64. The molecule has 2 aliphatic rings. The van der Waals surface area contributed by atoms with Gasteiger partial charge in [-0.05, 0) is 35.9 Å². The second kappa shape index (κ2) is 9.41. The number of ether oxygens (including phenoxy) is 2. The van der Waals surface area contributed by atoms with E-state index in [-0.39, 0.29) is 17.9 Å². The summed E-state index contributed by atoms with van der Waals surface area (Å²) in [5.41, 5.74) is 11.8. The zero-order valence-electron chi connectivity index (χ0n) is 20.2. The summed E-state index contributed by atoms with van der Waals surface area (Å²) in [5, 5.41) is 4.06. The van der Waals surface area contributed by atoms with E-state index in [1.54, 1.807) is 24.6 Å². The molecule has 2 aromatic carbocycles. The first-order valence-electron chi connectivity index (χ1n) is 11.8. The molecule has 4 aromatic rings. The highest BCUT2D eigenvalue weighted by Gasteiger charge is 2.50. The van der Waals surface area contributed by atoms with Gasteiger partial charge in [-0.3, -0.25) is 9.79 Å². The number of nitrogens with one attached hydrogen (secondary N) is 1. The maximum Gasteiger partial charge on any atom is 0.260 e. The molecule has 2 aromatic heterocycles. The van der Waals surface area contributed by atoms with Gasteiger partial charge in [0.1, 0.15) is 17.9 Å². The molecule has 10 nitrogen and oxygen atoms in total. The van der Waals surface area contributed by atoms with Crippen molar-refractivity contribution in [2.24, 2.45) is 16.1 Å². The lowest BCUT2D eigenvalue weighted by molar-refractivity contribution is -0.196. The number of fused-ring (bicyclic) bond motifs is 2. The largest absolute Gasteiger partial charge is 0.483 e. The number of carbonyl (C=O) groups excluding carboxylic acids is 1. The Morgan fingerprint density at radius 2 is 2.11 bits per heavy atom. The maximum atomic E-state index is 12.9. The normalized spacial score (nSPS) is 16.8. The minimum absolute atomic E-state index is 0.0669. The number of rotatable bonds is 7. The SMILES string of the molecule is CN=C/C(=C\N)c1cc(OCC(=O)N2CC3(COC3)C2)c2c(Nc3ccc4ncsc4c3)ncnc2c1. The fourth-order valence-electron chi connectivity index (χ4n) is 4.70. The Balaban J connectivity index is 1.34. The maximum absolute atomic E-state index is 12.9. The van der Waals surface area contributed by atoms with Crippen LogP contribution in [0.4, 0.5) is 11.5 Å². The molecule has 0 aliphatic carbocycles. The average molecular weight is 516 g/mol. The van der Waals surface area contributed by atoms with Crippen molar-refractivity contribution >= 4 is 61.7 Å². The number of aliphatic imine (C=N–C) groups is 1. The van der Waals surface area contributed by atoms with Crippen LogP contribution in [0.2, 0.25) is 0 Å². The zero-order valence-corrected chi connectivity index (χ0v) is 21.0. The minimum atomic E-state index is -0.0970. The molecule has 6 rings (SSSR count). The van der Waals surface area contributed by atoms with Gasteiger partial charge in [0.25, 0.3) is 5.91 Å². The molecular formula is C26H25N7O3S. The molecule has 37 heavy (non-hydrogen) atoms. The van der Waals surface area contributed by atoms with Crippen LogP contribution in [0.1, 0.15) is 5.56 Å². The van der Waals surface area contributed by atoms with E-state index >= 15 is 0 Å². The predicted octanol–water partition coefficient (Wildman–Crippen LogP) is 3.22. The highest BCUT2D eigenvalue weighted by molar-refractivity contribution is 7.16. The Bertz CT molecular complexity index is 1550. The highest BCUT2D eigenvalue weighted by atomic mass is 32.1. The summed E-state index contributed by atoms with van der Waals surface area (Å²) in [6, 6.07) is 9.68. The summed E-state index contributed by atoms with van der Waals surface area (Å²) < 4.78 is 12.5. The number of nitrogens with two attached hydrogens (primary N) is 1. The smallest absolute Gasteiger partial charge is 0.260 e. The molecule has 3 N–H and O–H groups in total. The lowest BCUT2D eigenvalue weighted by Gasteiger charge is -2.54. The molecule has 0 saturated carbocycles. The van der Waals surface area contributed by atoms with E-state index in [2.05, 4.69) is 25.3 Å². The van der Waals surface area contributed by atoms with E-state index in [0.717, 1.165) is 34.7 Å². The number of hydrogen-bond donors (Lipinski definition) is 2. The first kappa shape index (κ1) is 23.3. The van der Waals surface area contributed by atoms with Gasteiger partial charge in [0.2, 0.25) is 0 Å². The number of allylic oxidation sites excluding steroid dienone is 1. The summed E-state index contributed by atoms with van der Waals surface area (Å²) in [7, 11) is 1.68. The molecule has 2 saturated heterocycles. The van der Waals surface area contributed by atoms with Crippen molar-refractivity contribution in [3.8, 4) is 5.75 Å². The number of anilines is 2. The average Bonchev–Trinajstić information content (AvgIpc) is 3.32. The van der Waals surface area contributed by atoms with Gasteiger partial charge in [-0.2, -0.15) is 0 Å². The number of benzene rings is 2. The van der Waals surface area contributed by atoms with Gasteiger partial charge in [0.15, 0.2) is 6.61 Å². The van der Waals surface area contributed by atoms with Crippen LogP contribution in [0.25, 0.3) is 26.7 Å². The van der Waals surface area contributed by atoms with Crippen molar-refractivity contribution in [2.75, 3.05) is 45.3 Å². The zero-order chi connectivity index (χ0) is 25.4. The first-order valence-corrected chi connectivity index (χ1v) is 12.7. The molecule has 1 spiro atoms. The van der Waals surface area contributed by atoms with Gasteiger partial charge in [-0.25, -0.2) is 15.0 Å². The molecule has 188 valence electrons. The van der Waals surface area contributed by atoms with Crippen LogP contribution in [-0.4, -0.2) is 71.9 Å².